The summed E-state index contributed by atoms with van der Waals surface area (Å²) in [6, 6.07) is 29.6. The van der Waals surface area contributed by atoms with Crippen LogP contribution in [0.4, 0.5) is 0 Å². The van der Waals surface area contributed by atoms with Crippen LogP contribution in [0.3, 0.4) is 0 Å². The smallest absolute Gasteiger partial charge is 0.000968 e. The van der Waals surface area contributed by atoms with Crippen LogP contribution in [0.5, 0.6) is 0 Å². The van der Waals surface area contributed by atoms with Gasteiger partial charge in [0.05, 0.1) is 0 Å². The van der Waals surface area contributed by atoms with Gasteiger partial charge in [-0.3, -0.25) is 0 Å². The van der Waals surface area contributed by atoms with Gasteiger partial charge in [-0.1, -0.05) is 141 Å². The molecule has 0 nitrogen and oxygen atoms in total. The first-order valence-corrected chi connectivity index (χ1v) is 13.4. The molecular formula is C35H46. The SMILES string of the molecule is CC(C)(C)c1ccccc1C(C)(C)CC1(C)CC(C)(C(C)(C)Cc2ccccc2)c2ccccc21. The normalized spacial score (nSPS) is 22.8. The van der Waals surface area contributed by atoms with Crippen LogP contribution < -0.4 is 0 Å². The van der Waals surface area contributed by atoms with E-state index < -0.39 is 0 Å². The van der Waals surface area contributed by atoms with Gasteiger partial charge in [-0.15, -0.1) is 0 Å². The van der Waals surface area contributed by atoms with Crippen molar-refractivity contribution in [2.24, 2.45) is 5.41 Å². The molecule has 1 aliphatic carbocycles. The molecule has 2 unspecified atom stereocenters. The highest BCUT2D eigenvalue weighted by Gasteiger charge is 2.55. The Hall–Kier alpha value is -2.34. The lowest BCUT2D eigenvalue weighted by molar-refractivity contribution is 0.144. The minimum atomic E-state index is 0.0700. The van der Waals surface area contributed by atoms with Gasteiger partial charge in [-0.05, 0) is 74.2 Å². The standard InChI is InChI=1S/C35H46/c1-31(2,3)27-19-13-14-20-28(27)32(4,5)24-34(8)25-35(9,30-22-16-15-21-29(30)34)33(6,7)23-26-17-11-10-12-18-26/h10-22H,23-25H2,1-9H3. The van der Waals surface area contributed by atoms with Gasteiger partial charge in [0.25, 0.3) is 0 Å². The maximum Gasteiger partial charge on any atom is -0.000968 e. The maximum atomic E-state index is 2.54. The molecule has 0 aromatic heterocycles. The third kappa shape index (κ3) is 4.62. The van der Waals surface area contributed by atoms with E-state index in [0.29, 0.717) is 0 Å². The molecule has 0 N–H and O–H groups in total. The Balaban J connectivity index is 1.75. The Kier molecular flexibility index (Phi) is 6.36. The molecule has 0 heterocycles. The van der Waals surface area contributed by atoms with Gasteiger partial charge >= 0.3 is 0 Å². The lowest BCUT2D eigenvalue weighted by Crippen LogP contribution is -2.41. The van der Waals surface area contributed by atoms with Crippen molar-refractivity contribution in [2.45, 2.75) is 103 Å². The van der Waals surface area contributed by atoms with Crippen LogP contribution in [-0.2, 0) is 28.1 Å². The second-order valence-corrected chi connectivity index (χ2v) is 14.0. The van der Waals surface area contributed by atoms with E-state index in [1.807, 2.05) is 0 Å². The summed E-state index contributed by atoms with van der Waals surface area (Å²) in [5, 5.41) is 0. The average molecular weight is 467 g/mol. The quantitative estimate of drug-likeness (QED) is 0.339. The van der Waals surface area contributed by atoms with Crippen LogP contribution in [0.15, 0.2) is 78.9 Å². The van der Waals surface area contributed by atoms with Crippen LogP contribution in [0, 0.1) is 5.41 Å². The van der Waals surface area contributed by atoms with Gasteiger partial charge in [-0.2, -0.15) is 0 Å². The molecule has 0 fully saturated rings. The Morgan fingerprint density at radius 3 is 1.74 bits per heavy atom. The summed E-state index contributed by atoms with van der Waals surface area (Å²) >= 11 is 0. The van der Waals surface area contributed by atoms with E-state index in [4.69, 9.17) is 0 Å². The third-order valence-electron chi connectivity index (χ3n) is 9.19. The highest BCUT2D eigenvalue weighted by Crippen LogP contribution is 2.60. The molecule has 0 bridgehead atoms. The molecule has 3 aromatic rings. The molecule has 0 aliphatic heterocycles. The zero-order valence-corrected chi connectivity index (χ0v) is 23.6. The molecular weight excluding hydrogens is 420 g/mol. The van der Waals surface area contributed by atoms with Crippen molar-refractivity contribution in [3.63, 3.8) is 0 Å². The van der Waals surface area contributed by atoms with E-state index in [9.17, 15) is 0 Å². The zero-order chi connectivity index (χ0) is 25.7. The van der Waals surface area contributed by atoms with E-state index in [1.165, 1.54) is 23.1 Å². The Labute approximate surface area is 215 Å². The zero-order valence-electron chi connectivity index (χ0n) is 23.6. The molecule has 186 valence electrons. The van der Waals surface area contributed by atoms with Crippen molar-refractivity contribution < 1.29 is 0 Å². The summed E-state index contributed by atoms with van der Waals surface area (Å²) in [6.07, 6.45) is 3.41. The van der Waals surface area contributed by atoms with Crippen molar-refractivity contribution >= 4 is 0 Å². The van der Waals surface area contributed by atoms with Gasteiger partial charge in [-0.25, -0.2) is 0 Å². The highest BCUT2D eigenvalue weighted by molar-refractivity contribution is 5.49. The number of hydrogen-bond donors (Lipinski definition) is 0. The van der Waals surface area contributed by atoms with E-state index in [0.717, 1.165) is 12.8 Å². The second-order valence-electron chi connectivity index (χ2n) is 14.0. The van der Waals surface area contributed by atoms with E-state index in [-0.39, 0.29) is 27.1 Å². The van der Waals surface area contributed by atoms with Gasteiger partial charge < -0.3 is 0 Å². The number of rotatable bonds is 6. The predicted molar refractivity (Wildman–Crippen MR) is 152 cm³/mol. The minimum absolute atomic E-state index is 0.0700. The maximum absolute atomic E-state index is 2.54. The number of fused-ring (bicyclic) bond motifs is 1. The Bertz CT molecular complexity index is 1170. The van der Waals surface area contributed by atoms with E-state index in [2.05, 4.69) is 141 Å². The van der Waals surface area contributed by atoms with Crippen LogP contribution >= 0.6 is 0 Å². The fourth-order valence-electron chi connectivity index (χ4n) is 7.32. The van der Waals surface area contributed by atoms with Gasteiger partial charge in [0, 0.05) is 0 Å². The van der Waals surface area contributed by atoms with Crippen LogP contribution in [0.1, 0.15) is 103 Å². The molecule has 0 amide bonds. The summed E-state index contributed by atoms with van der Waals surface area (Å²) in [7, 11) is 0. The molecule has 0 saturated carbocycles. The lowest BCUT2D eigenvalue weighted by atomic mass is 9.58. The molecule has 0 radical (unpaired) electrons. The van der Waals surface area contributed by atoms with E-state index in [1.54, 1.807) is 11.1 Å². The summed E-state index contributed by atoms with van der Waals surface area (Å²) in [5.41, 5.74) is 8.10. The summed E-state index contributed by atoms with van der Waals surface area (Å²) in [4.78, 5) is 0. The largest absolute Gasteiger partial charge is 0.0622 e. The molecule has 0 spiro atoms. The van der Waals surface area contributed by atoms with Crippen molar-refractivity contribution in [1.29, 1.82) is 0 Å². The Morgan fingerprint density at radius 2 is 1.14 bits per heavy atom. The van der Waals surface area contributed by atoms with Crippen molar-refractivity contribution in [3.05, 3.63) is 107 Å². The van der Waals surface area contributed by atoms with Crippen LogP contribution in [-0.4, -0.2) is 0 Å². The summed E-state index contributed by atoms with van der Waals surface area (Å²) < 4.78 is 0. The summed E-state index contributed by atoms with van der Waals surface area (Å²) in [5.74, 6) is 0. The first-order chi connectivity index (χ1) is 16.2. The number of hydrogen-bond acceptors (Lipinski definition) is 0. The topological polar surface area (TPSA) is 0 Å². The molecule has 2 atom stereocenters. The molecule has 1 aliphatic rings. The van der Waals surface area contributed by atoms with Gasteiger partial charge in [0.15, 0.2) is 0 Å². The second kappa shape index (κ2) is 8.65. The van der Waals surface area contributed by atoms with Gasteiger partial charge in [0.1, 0.15) is 0 Å². The first kappa shape index (κ1) is 25.7. The Morgan fingerprint density at radius 1 is 0.629 bits per heavy atom. The highest BCUT2D eigenvalue weighted by atomic mass is 14.6. The first-order valence-electron chi connectivity index (χ1n) is 13.4. The van der Waals surface area contributed by atoms with Crippen molar-refractivity contribution in [2.75, 3.05) is 0 Å². The van der Waals surface area contributed by atoms with Crippen molar-refractivity contribution in [1.82, 2.24) is 0 Å². The average Bonchev–Trinajstić information content (AvgIpc) is 3.01. The monoisotopic (exact) mass is 466 g/mol. The lowest BCUT2D eigenvalue weighted by Gasteiger charge is -2.45. The third-order valence-corrected chi connectivity index (χ3v) is 9.19. The van der Waals surface area contributed by atoms with Crippen molar-refractivity contribution in [3.8, 4) is 0 Å². The predicted octanol–water partition coefficient (Wildman–Crippen LogP) is 9.54. The fourth-order valence-corrected chi connectivity index (χ4v) is 7.32. The molecule has 0 saturated heterocycles. The fraction of sp³-hybridized carbons (Fsp3) is 0.486. The molecule has 0 heteroatoms. The van der Waals surface area contributed by atoms with E-state index >= 15 is 0 Å². The number of benzene rings is 3. The molecule has 35 heavy (non-hydrogen) atoms. The summed E-state index contributed by atoms with van der Waals surface area (Å²) in [6.45, 7) is 22.0. The molecule has 3 aromatic carbocycles. The van der Waals surface area contributed by atoms with Crippen LogP contribution in [0.25, 0.3) is 0 Å². The minimum Gasteiger partial charge on any atom is -0.0622 e. The molecule has 4 rings (SSSR count). The van der Waals surface area contributed by atoms with Crippen LogP contribution in [0.2, 0.25) is 0 Å². The van der Waals surface area contributed by atoms with Gasteiger partial charge in [0.2, 0.25) is 0 Å².